The molecular weight excluding hydrogens is 288 g/mol. The molecule has 0 saturated heterocycles. The summed E-state index contributed by atoms with van der Waals surface area (Å²) in [4.78, 5) is 11.1. The van der Waals surface area contributed by atoms with Crippen LogP contribution < -0.4 is 15.8 Å². The van der Waals surface area contributed by atoms with E-state index in [0.717, 1.165) is 24.3 Å². The number of nitrogens with two attached hydrogens (primary N) is 1. The Hall–Kier alpha value is -2.33. The Morgan fingerprint density at radius 2 is 2.04 bits per heavy atom. The summed E-state index contributed by atoms with van der Waals surface area (Å²) in [6, 6.07) is 16.4. The molecule has 1 aliphatic heterocycles. The normalized spacial score (nSPS) is 17.3. The molecule has 4 heteroatoms. The average molecular weight is 310 g/mol. The maximum Gasteiger partial charge on any atom is 0.234 e. The van der Waals surface area contributed by atoms with Crippen LogP contribution in [-0.4, -0.2) is 18.6 Å². The van der Waals surface area contributed by atoms with Crippen molar-refractivity contribution in [1.29, 1.82) is 0 Å². The monoisotopic (exact) mass is 310 g/mol. The van der Waals surface area contributed by atoms with Crippen molar-refractivity contribution in [2.75, 3.05) is 6.61 Å². The van der Waals surface area contributed by atoms with Crippen LogP contribution in [0.2, 0.25) is 0 Å². The third-order valence-corrected chi connectivity index (χ3v) is 4.32. The topological polar surface area (TPSA) is 64.3 Å². The Morgan fingerprint density at radius 1 is 1.26 bits per heavy atom. The van der Waals surface area contributed by atoms with E-state index in [2.05, 4.69) is 35.6 Å². The number of rotatable bonds is 6. The Labute approximate surface area is 136 Å². The van der Waals surface area contributed by atoms with Crippen molar-refractivity contribution >= 4 is 5.91 Å². The number of carbonyl (C=O) groups is 1. The molecule has 4 nitrogen and oxygen atoms in total. The number of amides is 1. The predicted octanol–water partition coefficient (Wildman–Crippen LogP) is 2.37. The highest BCUT2D eigenvalue weighted by molar-refractivity contribution is 5.79. The van der Waals surface area contributed by atoms with Crippen LogP contribution in [0.3, 0.4) is 0 Å². The highest BCUT2D eigenvalue weighted by Crippen LogP contribution is 2.36. The fourth-order valence-corrected chi connectivity index (χ4v) is 2.88. The standard InChI is InChI=1S/C19H22N2O2/c1-13(19(20)22)21-11-15-7-8-18-17(10-15)16(12-23-18)9-14-5-3-2-4-6-14/h2-8,10,13,16,21H,9,11-12H2,1H3,(H2,20,22). The number of nitrogens with one attached hydrogen (secondary N) is 1. The van der Waals surface area contributed by atoms with E-state index in [1.807, 2.05) is 18.2 Å². The molecule has 1 aliphatic rings. The minimum atomic E-state index is -0.337. The molecule has 0 aromatic heterocycles. The molecule has 1 amide bonds. The van der Waals surface area contributed by atoms with Gasteiger partial charge in [0.15, 0.2) is 0 Å². The van der Waals surface area contributed by atoms with Crippen LogP contribution in [0.25, 0.3) is 0 Å². The van der Waals surface area contributed by atoms with Gasteiger partial charge < -0.3 is 15.8 Å². The Kier molecular flexibility index (Phi) is 4.63. The summed E-state index contributed by atoms with van der Waals surface area (Å²) in [5.74, 6) is 1.01. The second-order valence-electron chi connectivity index (χ2n) is 6.07. The SMILES string of the molecule is CC(NCc1ccc2c(c1)C(Cc1ccccc1)CO2)C(N)=O. The number of fused-ring (bicyclic) bond motifs is 1. The second kappa shape index (κ2) is 6.84. The molecule has 0 aliphatic carbocycles. The summed E-state index contributed by atoms with van der Waals surface area (Å²) in [7, 11) is 0. The fourth-order valence-electron chi connectivity index (χ4n) is 2.88. The van der Waals surface area contributed by atoms with Crippen molar-refractivity contribution in [3.05, 3.63) is 65.2 Å². The Balaban J connectivity index is 1.71. The highest BCUT2D eigenvalue weighted by Gasteiger charge is 2.24. The third-order valence-electron chi connectivity index (χ3n) is 4.32. The van der Waals surface area contributed by atoms with E-state index in [1.54, 1.807) is 6.92 Å². The van der Waals surface area contributed by atoms with E-state index >= 15 is 0 Å². The van der Waals surface area contributed by atoms with Crippen molar-refractivity contribution in [2.24, 2.45) is 5.73 Å². The molecule has 0 spiro atoms. The number of benzene rings is 2. The molecule has 2 aromatic carbocycles. The quantitative estimate of drug-likeness (QED) is 0.861. The van der Waals surface area contributed by atoms with E-state index < -0.39 is 0 Å². The van der Waals surface area contributed by atoms with Crippen LogP contribution >= 0.6 is 0 Å². The van der Waals surface area contributed by atoms with Crippen molar-refractivity contribution in [2.45, 2.75) is 31.8 Å². The van der Waals surface area contributed by atoms with Crippen LogP contribution in [-0.2, 0) is 17.8 Å². The van der Waals surface area contributed by atoms with Gasteiger partial charge in [-0.25, -0.2) is 0 Å². The molecular formula is C19H22N2O2. The van der Waals surface area contributed by atoms with Gasteiger partial charge in [0.1, 0.15) is 5.75 Å². The summed E-state index contributed by atoms with van der Waals surface area (Å²) in [6.45, 7) is 3.12. The van der Waals surface area contributed by atoms with Crippen molar-refractivity contribution in [3.8, 4) is 5.75 Å². The van der Waals surface area contributed by atoms with Gasteiger partial charge in [-0.1, -0.05) is 42.5 Å². The first-order chi connectivity index (χ1) is 11.1. The molecule has 0 fully saturated rings. The molecule has 2 aromatic rings. The maximum absolute atomic E-state index is 11.1. The molecule has 0 bridgehead atoms. The van der Waals surface area contributed by atoms with Crippen molar-refractivity contribution < 1.29 is 9.53 Å². The van der Waals surface area contributed by atoms with Gasteiger partial charge in [-0.3, -0.25) is 4.79 Å². The van der Waals surface area contributed by atoms with E-state index in [0.29, 0.717) is 12.5 Å². The first-order valence-corrected chi connectivity index (χ1v) is 7.95. The third kappa shape index (κ3) is 3.71. The number of hydrogen-bond donors (Lipinski definition) is 2. The zero-order valence-corrected chi connectivity index (χ0v) is 13.3. The largest absolute Gasteiger partial charge is 0.493 e. The van der Waals surface area contributed by atoms with Crippen LogP contribution in [0.4, 0.5) is 0 Å². The molecule has 0 saturated carbocycles. The average Bonchev–Trinajstić information content (AvgIpc) is 2.96. The van der Waals surface area contributed by atoms with Gasteiger partial charge in [0, 0.05) is 18.0 Å². The highest BCUT2D eigenvalue weighted by atomic mass is 16.5. The predicted molar refractivity (Wildman–Crippen MR) is 90.3 cm³/mol. The smallest absolute Gasteiger partial charge is 0.234 e. The van der Waals surface area contributed by atoms with Crippen molar-refractivity contribution in [1.82, 2.24) is 5.32 Å². The lowest BCUT2D eigenvalue weighted by atomic mass is 9.92. The maximum atomic E-state index is 11.1. The molecule has 1 heterocycles. The van der Waals surface area contributed by atoms with Crippen molar-refractivity contribution in [3.63, 3.8) is 0 Å². The minimum Gasteiger partial charge on any atom is -0.493 e. The molecule has 2 atom stereocenters. The molecule has 0 radical (unpaired) electrons. The number of primary amides is 1. The van der Waals surface area contributed by atoms with Crippen LogP contribution in [0.5, 0.6) is 5.75 Å². The van der Waals surface area contributed by atoms with Gasteiger partial charge in [-0.2, -0.15) is 0 Å². The lowest BCUT2D eigenvalue weighted by Gasteiger charge is -2.12. The summed E-state index contributed by atoms with van der Waals surface area (Å²) in [5, 5.41) is 3.14. The first kappa shape index (κ1) is 15.6. The van der Waals surface area contributed by atoms with Gasteiger partial charge in [0.25, 0.3) is 0 Å². The number of carbonyl (C=O) groups excluding carboxylic acids is 1. The van der Waals surface area contributed by atoms with E-state index in [4.69, 9.17) is 10.5 Å². The summed E-state index contributed by atoms with van der Waals surface area (Å²) < 4.78 is 5.81. The lowest BCUT2D eigenvalue weighted by molar-refractivity contribution is -0.119. The van der Waals surface area contributed by atoms with E-state index in [-0.39, 0.29) is 11.9 Å². The van der Waals surface area contributed by atoms with E-state index in [9.17, 15) is 4.79 Å². The Bertz CT molecular complexity index is 685. The fraction of sp³-hybridized carbons (Fsp3) is 0.316. The molecule has 2 unspecified atom stereocenters. The second-order valence-corrected chi connectivity index (χ2v) is 6.07. The summed E-state index contributed by atoms with van der Waals surface area (Å²) in [5.41, 5.74) is 8.99. The zero-order valence-electron chi connectivity index (χ0n) is 13.3. The molecule has 120 valence electrons. The Morgan fingerprint density at radius 3 is 2.78 bits per heavy atom. The molecule has 23 heavy (non-hydrogen) atoms. The lowest BCUT2D eigenvalue weighted by Crippen LogP contribution is -2.38. The van der Waals surface area contributed by atoms with Gasteiger partial charge in [0.2, 0.25) is 5.91 Å². The zero-order chi connectivity index (χ0) is 16.2. The van der Waals surface area contributed by atoms with Gasteiger partial charge in [0.05, 0.1) is 12.6 Å². The van der Waals surface area contributed by atoms with Crippen LogP contribution in [0, 0.1) is 0 Å². The van der Waals surface area contributed by atoms with Gasteiger partial charge in [-0.05, 0) is 30.5 Å². The first-order valence-electron chi connectivity index (χ1n) is 7.95. The van der Waals surface area contributed by atoms with Crippen LogP contribution in [0.15, 0.2) is 48.5 Å². The van der Waals surface area contributed by atoms with Gasteiger partial charge >= 0.3 is 0 Å². The van der Waals surface area contributed by atoms with Gasteiger partial charge in [-0.15, -0.1) is 0 Å². The number of ether oxygens (including phenoxy) is 1. The summed E-state index contributed by atoms with van der Waals surface area (Å²) >= 11 is 0. The van der Waals surface area contributed by atoms with Crippen LogP contribution in [0.1, 0.15) is 29.5 Å². The number of hydrogen-bond acceptors (Lipinski definition) is 3. The van der Waals surface area contributed by atoms with E-state index in [1.165, 1.54) is 11.1 Å². The molecule has 3 N–H and O–H groups in total. The minimum absolute atomic E-state index is 0.334. The molecule has 3 rings (SSSR count). The summed E-state index contributed by atoms with van der Waals surface area (Å²) in [6.07, 6.45) is 0.975.